The van der Waals surface area contributed by atoms with E-state index < -0.39 is 0 Å². The molecule has 9 aromatic rings. The zero-order valence-electron chi connectivity index (χ0n) is 28.7. The lowest BCUT2D eigenvalue weighted by molar-refractivity contribution is 0.623. The molecule has 1 aliphatic rings. The van der Waals surface area contributed by atoms with Gasteiger partial charge in [-0.3, -0.25) is 0 Å². The van der Waals surface area contributed by atoms with Crippen LogP contribution in [0.4, 0.5) is 0 Å². The van der Waals surface area contributed by atoms with E-state index in [9.17, 15) is 0 Å². The predicted octanol–water partition coefficient (Wildman–Crippen LogP) is 11.8. The summed E-state index contributed by atoms with van der Waals surface area (Å²) in [5, 5.41) is 2.22. The van der Waals surface area contributed by atoms with E-state index in [0.29, 0.717) is 23.4 Å². The maximum atomic E-state index is 6.57. The van der Waals surface area contributed by atoms with Gasteiger partial charge in [-0.05, 0) is 63.0 Å². The first kappa shape index (κ1) is 30.1. The summed E-state index contributed by atoms with van der Waals surface area (Å²) in [6.07, 6.45) is 0. The molecular weight excluding hydrogens is 637 g/mol. The maximum Gasteiger partial charge on any atom is 0.227 e. The van der Waals surface area contributed by atoms with Crippen molar-refractivity contribution in [2.45, 2.75) is 19.3 Å². The van der Waals surface area contributed by atoms with E-state index in [1.54, 1.807) is 0 Å². The molecule has 0 aliphatic heterocycles. The number of aromatic nitrogens is 4. The van der Waals surface area contributed by atoms with E-state index in [2.05, 4.69) is 105 Å². The monoisotopic (exact) mass is 668 g/mol. The molecule has 0 bridgehead atoms. The van der Waals surface area contributed by atoms with E-state index in [1.165, 1.54) is 27.8 Å². The van der Waals surface area contributed by atoms with Crippen molar-refractivity contribution in [3.63, 3.8) is 0 Å². The van der Waals surface area contributed by atoms with Crippen molar-refractivity contribution in [2.24, 2.45) is 0 Å². The first-order chi connectivity index (χ1) is 25.5. The second-order valence-electron chi connectivity index (χ2n) is 13.9. The fourth-order valence-electron chi connectivity index (χ4n) is 7.66. The SMILES string of the molecule is CC1(C)c2cc(-c3nc(-c4ccccc4)nc(-c4ccc(-c5ccccc5)cc4)n3)ccc2-c2c1ccc1ccc3nc(-c4ccccc4)oc3c21. The van der Waals surface area contributed by atoms with Crippen molar-refractivity contribution < 1.29 is 4.42 Å². The molecule has 0 fully saturated rings. The Kier molecular flexibility index (Phi) is 6.77. The molecule has 0 unspecified atom stereocenters. The smallest absolute Gasteiger partial charge is 0.227 e. The van der Waals surface area contributed by atoms with Gasteiger partial charge in [0.05, 0.1) is 0 Å². The molecule has 10 rings (SSSR count). The molecule has 2 aromatic heterocycles. The summed E-state index contributed by atoms with van der Waals surface area (Å²) in [7, 11) is 0. The van der Waals surface area contributed by atoms with Crippen LogP contribution in [-0.2, 0) is 5.41 Å². The van der Waals surface area contributed by atoms with Crippen molar-refractivity contribution in [2.75, 3.05) is 0 Å². The molecular formula is C47H32N4O. The number of benzene rings is 7. The molecule has 0 saturated carbocycles. The Hall–Kier alpha value is -6.72. The molecule has 2 heterocycles. The highest BCUT2D eigenvalue weighted by Gasteiger charge is 2.37. The lowest BCUT2D eigenvalue weighted by atomic mass is 9.81. The lowest BCUT2D eigenvalue weighted by Crippen LogP contribution is -2.15. The summed E-state index contributed by atoms with van der Waals surface area (Å²) < 4.78 is 6.57. The number of hydrogen-bond acceptors (Lipinski definition) is 5. The van der Waals surface area contributed by atoms with Crippen molar-refractivity contribution in [3.05, 3.63) is 169 Å². The Morgan fingerprint density at radius 2 is 0.962 bits per heavy atom. The van der Waals surface area contributed by atoms with Gasteiger partial charge in [0.25, 0.3) is 0 Å². The van der Waals surface area contributed by atoms with Gasteiger partial charge in [0.15, 0.2) is 23.1 Å². The average molecular weight is 669 g/mol. The molecule has 0 radical (unpaired) electrons. The molecule has 246 valence electrons. The van der Waals surface area contributed by atoms with Gasteiger partial charge in [-0.1, -0.05) is 147 Å². The summed E-state index contributed by atoms with van der Waals surface area (Å²) in [4.78, 5) is 20.1. The van der Waals surface area contributed by atoms with Gasteiger partial charge in [-0.25, -0.2) is 19.9 Å². The molecule has 7 aromatic carbocycles. The van der Waals surface area contributed by atoms with Crippen LogP contribution in [0.3, 0.4) is 0 Å². The maximum absolute atomic E-state index is 6.57. The Morgan fingerprint density at radius 3 is 1.63 bits per heavy atom. The number of fused-ring (bicyclic) bond motifs is 7. The third-order valence-corrected chi connectivity index (χ3v) is 10.4. The average Bonchev–Trinajstić information content (AvgIpc) is 3.75. The third kappa shape index (κ3) is 4.85. The highest BCUT2D eigenvalue weighted by molar-refractivity contribution is 6.14. The van der Waals surface area contributed by atoms with Crippen LogP contribution in [0.25, 0.3) is 89.7 Å². The summed E-state index contributed by atoms with van der Waals surface area (Å²) in [6.45, 7) is 4.59. The highest BCUT2D eigenvalue weighted by atomic mass is 16.3. The largest absolute Gasteiger partial charge is 0.435 e. The van der Waals surface area contributed by atoms with Crippen LogP contribution in [0.1, 0.15) is 25.0 Å². The van der Waals surface area contributed by atoms with Crippen LogP contribution >= 0.6 is 0 Å². The Labute approximate surface area is 301 Å². The second-order valence-corrected chi connectivity index (χ2v) is 13.9. The number of nitrogens with zero attached hydrogens (tertiary/aromatic N) is 4. The summed E-state index contributed by atoms with van der Waals surface area (Å²) in [5.41, 5.74) is 12.4. The van der Waals surface area contributed by atoms with E-state index in [1.807, 2.05) is 66.7 Å². The molecule has 0 atom stereocenters. The van der Waals surface area contributed by atoms with Crippen molar-refractivity contribution in [1.82, 2.24) is 19.9 Å². The van der Waals surface area contributed by atoms with Crippen molar-refractivity contribution >= 4 is 21.9 Å². The zero-order chi connectivity index (χ0) is 34.8. The minimum Gasteiger partial charge on any atom is -0.435 e. The zero-order valence-corrected chi connectivity index (χ0v) is 28.7. The van der Waals surface area contributed by atoms with Crippen LogP contribution in [0.5, 0.6) is 0 Å². The van der Waals surface area contributed by atoms with E-state index in [-0.39, 0.29) is 5.41 Å². The molecule has 1 aliphatic carbocycles. The minimum atomic E-state index is -0.273. The van der Waals surface area contributed by atoms with Gasteiger partial charge in [0.1, 0.15) is 5.52 Å². The van der Waals surface area contributed by atoms with Gasteiger partial charge in [0, 0.05) is 33.1 Å². The Bertz CT molecular complexity index is 2790. The van der Waals surface area contributed by atoms with Gasteiger partial charge in [0.2, 0.25) is 5.89 Å². The fraction of sp³-hybridized carbons (Fsp3) is 0.0638. The van der Waals surface area contributed by atoms with E-state index in [0.717, 1.165) is 49.7 Å². The van der Waals surface area contributed by atoms with Crippen LogP contribution in [0, 0.1) is 0 Å². The van der Waals surface area contributed by atoms with E-state index >= 15 is 0 Å². The summed E-state index contributed by atoms with van der Waals surface area (Å²) >= 11 is 0. The van der Waals surface area contributed by atoms with Crippen LogP contribution in [0.2, 0.25) is 0 Å². The number of oxazole rings is 1. The topological polar surface area (TPSA) is 64.7 Å². The normalized spacial score (nSPS) is 13.0. The molecule has 5 heteroatoms. The van der Waals surface area contributed by atoms with E-state index in [4.69, 9.17) is 24.4 Å². The molecule has 0 saturated heterocycles. The predicted molar refractivity (Wildman–Crippen MR) is 210 cm³/mol. The van der Waals surface area contributed by atoms with Crippen molar-refractivity contribution in [1.29, 1.82) is 0 Å². The molecule has 0 spiro atoms. The number of rotatable bonds is 5. The fourth-order valence-corrected chi connectivity index (χ4v) is 7.66. The Morgan fingerprint density at radius 1 is 0.442 bits per heavy atom. The highest BCUT2D eigenvalue weighted by Crippen LogP contribution is 2.53. The van der Waals surface area contributed by atoms with Gasteiger partial charge < -0.3 is 4.42 Å². The van der Waals surface area contributed by atoms with Gasteiger partial charge in [-0.15, -0.1) is 0 Å². The standard InChI is InChI=1S/C47H32N4O/c1-47(2)37-26-23-31-24-27-39-42(52-46(48-39)34-16-10-5-11-17-34)40(31)41(37)36-25-22-35(28-38(36)47)45-50-43(32-14-8-4-9-15-32)49-44(51-45)33-20-18-30(19-21-33)29-12-6-3-7-13-29/h3-28H,1-2H3. The second kappa shape index (κ2) is 11.7. The summed E-state index contributed by atoms with van der Waals surface area (Å²) in [5.74, 6) is 2.55. The minimum absolute atomic E-state index is 0.273. The number of hydrogen-bond donors (Lipinski definition) is 0. The lowest BCUT2D eigenvalue weighted by Gasteiger charge is -2.22. The first-order valence-electron chi connectivity index (χ1n) is 17.6. The molecule has 0 amide bonds. The quantitative estimate of drug-likeness (QED) is 0.183. The first-order valence-corrected chi connectivity index (χ1v) is 17.6. The molecule has 52 heavy (non-hydrogen) atoms. The molecule has 5 nitrogen and oxygen atoms in total. The van der Waals surface area contributed by atoms with Crippen LogP contribution in [-0.4, -0.2) is 19.9 Å². The van der Waals surface area contributed by atoms with Crippen LogP contribution < -0.4 is 0 Å². The Balaban J connectivity index is 1.12. The third-order valence-electron chi connectivity index (χ3n) is 10.4. The van der Waals surface area contributed by atoms with Crippen LogP contribution in [0.15, 0.2) is 162 Å². The van der Waals surface area contributed by atoms with Crippen molar-refractivity contribution in [3.8, 4) is 67.9 Å². The van der Waals surface area contributed by atoms with Gasteiger partial charge >= 0.3 is 0 Å². The van der Waals surface area contributed by atoms with Gasteiger partial charge in [-0.2, -0.15) is 0 Å². The summed E-state index contributed by atoms with van der Waals surface area (Å²) in [6, 6.07) is 54.4. The molecule has 0 N–H and O–H groups in total.